The van der Waals surface area contributed by atoms with Crippen molar-refractivity contribution in [2.24, 2.45) is 0 Å². The van der Waals surface area contributed by atoms with Crippen molar-refractivity contribution < 1.29 is 4.42 Å². The lowest BCUT2D eigenvalue weighted by atomic mass is 10.0. The predicted octanol–water partition coefficient (Wildman–Crippen LogP) is 5.20. The van der Waals surface area contributed by atoms with Gasteiger partial charge < -0.3 is 9.73 Å². The molecule has 1 unspecified atom stereocenters. The van der Waals surface area contributed by atoms with Gasteiger partial charge in [0.2, 0.25) is 0 Å². The van der Waals surface area contributed by atoms with Crippen LogP contribution < -0.4 is 5.32 Å². The molecule has 1 atom stereocenters. The summed E-state index contributed by atoms with van der Waals surface area (Å²) in [6.07, 6.45) is 0. The first-order valence-corrected chi connectivity index (χ1v) is 7.96. The van der Waals surface area contributed by atoms with E-state index in [9.17, 15) is 0 Å². The van der Waals surface area contributed by atoms with Crippen LogP contribution >= 0.6 is 15.9 Å². The van der Waals surface area contributed by atoms with Gasteiger partial charge in [-0.05, 0) is 42.8 Å². The summed E-state index contributed by atoms with van der Waals surface area (Å²) < 4.78 is 7.15. The maximum atomic E-state index is 6.03. The number of benzene rings is 2. The molecular weight excluding hydrogens is 326 g/mol. The maximum Gasteiger partial charge on any atom is 0.134 e. The van der Waals surface area contributed by atoms with E-state index in [-0.39, 0.29) is 6.04 Å². The third-order valence-electron chi connectivity index (χ3n) is 3.67. The number of fused-ring (bicyclic) bond motifs is 1. The Morgan fingerprint density at radius 1 is 1.14 bits per heavy atom. The number of aryl methyl sites for hydroxylation is 1. The number of hydrogen-bond donors (Lipinski definition) is 1. The van der Waals surface area contributed by atoms with Gasteiger partial charge in [0.05, 0.1) is 6.04 Å². The molecule has 2 aromatic carbocycles. The Labute approximate surface area is 133 Å². The zero-order chi connectivity index (χ0) is 14.8. The molecule has 1 heterocycles. The number of furan rings is 1. The topological polar surface area (TPSA) is 25.2 Å². The number of rotatable bonds is 4. The maximum absolute atomic E-state index is 6.03. The normalized spacial score (nSPS) is 12.7. The quantitative estimate of drug-likeness (QED) is 0.703. The van der Waals surface area contributed by atoms with Gasteiger partial charge >= 0.3 is 0 Å². The smallest absolute Gasteiger partial charge is 0.134 e. The van der Waals surface area contributed by atoms with Crippen LogP contribution in [0.3, 0.4) is 0 Å². The van der Waals surface area contributed by atoms with Crippen LogP contribution in [-0.2, 0) is 0 Å². The van der Waals surface area contributed by atoms with Gasteiger partial charge in [-0.25, -0.2) is 0 Å². The van der Waals surface area contributed by atoms with Crippen LogP contribution in [0.1, 0.15) is 29.9 Å². The van der Waals surface area contributed by atoms with Crippen LogP contribution in [0.2, 0.25) is 0 Å². The highest BCUT2D eigenvalue weighted by molar-refractivity contribution is 9.10. The van der Waals surface area contributed by atoms with E-state index in [4.69, 9.17) is 4.42 Å². The van der Waals surface area contributed by atoms with E-state index in [1.54, 1.807) is 0 Å². The molecule has 0 radical (unpaired) electrons. The monoisotopic (exact) mass is 343 g/mol. The van der Waals surface area contributed by atoms with Gasteiger partial charge in [0.1, 0.15) is 11.3 Å². The summed E-state index contributed by atoms with van der Waals surface area (Å²) in [5, 5.41) is 4.65. The molecular formula is C18H18BrNO. The van der Waals surface area contributed by atoms with Crippen LogP contribution in [0.4, 0.5) is 0 Å². The third kappa shape index (κ3) is 2.89. The molecule has 3 rings (SSSR count). The van der Waals surface area contributed by atoms with Crippen molar-refractivity contribution in [3.8, 4) is 0 Å². The Bertz CT molecular complexity index is 730. The van der Waals surface area contributed by atoms with Crippen LogP contribution in [0.25, 0.3) is 11.0 Å². The van der Waals surface area contributed by atoms with Gasteiger partial charge in [-0.15, -0.1) is 0 Å². The van der Waals surface area contributed by atoms with Gasteiger partial charge in [-0.3, -0.25) is 0 Å². The van der Waals surface area contributed by atoms with Crippen molar-refractivity contribution in [1.29, 1.82) is 0 Å². The highest BCUT2D eigenvalue weighted by Gasteiger charge is 2.18. The van der Waals surface area contributed by atoms with Crippen LogP contribution in [-0.4, -0.2) is 6.54 Å². The molecule has 0 spiro atoms. The molecule has 1 aromatic heterocycles. The SMILES string of the molecule is CCNC(c1ccc(C)c(Br)c1)c1cc2ccccc2o1. The summed E-state index contributed by atoms with van der Waals surface area (Å²) in [6.45, 7) is 5.09. The molecule has 3 heteroatoms. The molecule has 108 valence electrons. The highest BCUT2D eigenvalue weighted by atomic mass is 79.9. The molecule has 0 aliphatic heterocycles. The van der Waals surface area contributed by atoms with E-state index < -0.39 is 0 Å². The van der Waals surface area contributed by atoms with Crippen molar-refractivity contribution >= 4 is 26.9 Å². The fourth-order valence-corrected chi connectivity index (χ4v) is 2.92. The van der Waals surface area contributed by atoms with Crippen molar-refractivity contribution in [3.63, 3.8) is 0 Å². The van der Waals surface area contributed by atoms with Gasteiger partial charge in [-0.1, -0.05) is 53.2 Å². The van der Waals surface area contributed by atoms with Crippen molar-refractivity contribution in [3.05, 3.63) is 69.9 Å². The van der Waals surface area contributed by atoms with Gasteiger partial charge in [-0.2, -0.15) is 0 Å². The zero-order valence-corrected chi connectivity index (χ0v) is 13.8. The number of halogens is 1. The summed E-state index contributed by atoms with van der Waals surface area (Å²) in [4.78, 5) is 0. The lowest BCUT2D eigenvalue weighted by Gasteiger charge is -2.16. The molecule has 3 aromatic rings. The molecule has 2 nitrogen and oxygen atoms in total. The molecule has 21 heavy (non-hydrogen) atoms. The minimum atomic E-state index is 0.0688. The first kappa shape index (κ1) is 14.4. The first-order chi connectivity index (χ1) is 10.2. The van der Waals surface area contributed by atoms with E-state index in [0.29, 0.717) is 0 Å². The second-order valence-electron chi connectivity index (χ2n) is 5.19. The van der Waals surface area contributed by atoms with Crippen molar-refractivity contribution in [1.82, 2.24) is 5.32 Å². The second kappa shape index (κ2) is 6.04. The van der Waals surface area contributed by atoms with Crippen LogP contribution in [0.5, 0.6) is 0 Å². The molecule has 0 aliphatic carbocycles. The Hall–Kier alpha value is -1.58. The summed E-state index contributed by atoms with van der Waals surface area (Å²) >= 11 is 3.61. The molecule has 0 bridgehead atoms. The molecule has 0 fully saturated rings. The number of hydrogen-bond acceptors (Lipinski definition) is 2. The second-order valence-corrected chi connectivity index (χ2v) is 6.04. The van der Waals surface area contributed by atoms with Gasteiger partial charge in [0.15, 0.2) is 0 Å². The van der Waals surface area contributed by atoms with Crippen LogP contribution in [0, 0.1) is 6.92 Å². The number of nitrogens with one attached hydrogen (secondary N) is 1. The van der Waals surface area contributed by atoms with Crippen LogP contribution in [0.15, 0.2) is 57.4 Å². The standard InChI is InChI=1S/C18H18BrNO/c1-3-20-18(14-9-8-12(2)15(19)10-14)17-11-13-6-4-5-7-16(13)21-17/h4-11,18,20H,3H2,1-2H3. The largest absolute Gasteiger partial charge is 0.459 e. The van der Waals surface area contributed by atoms with E-state index in [1.165, 1.54) is 11.1 Å². The Kier molecular flexibility index (Phi) is 4.13. The molecule has 1 N–H and O–H groups in total. The summed E-state index contributed by atoms with van der Waals surface area (Å²) in [7, 11) is 0. The van der Waals surface area contributed by atoms with E-state index >= 15 is 0 Å². The highest BCUT2D eigenvalue weighted by Crippen LogP contribution is 2.30. The van der Waals surface area contributed by atoms with Gasteiger partial charge in [0.25, 0.3) is 0 Å². The lowest BCUT2D eigenvalue weighted by Crippen LogP contribution is -2.21. The molecule has 0 aliphatic rings. The van der Waals surface area contributed by atoms with E-state index in [2.05, 4.69) is 65.4 Å². The fourth-order valence-electron chi connectivity index (χ4n) is 2.52. The summed E-state index contributed by atoms with van der Waals surface area (Å²) in [5.74, 6) is 0.953. The predicted molar refractivity (Wildman–Crippen MR) is 90.6 cm³/mol. The third-order valence-corrected chi connectivity index (χ3v) is 4.52. The Morgan fingerprint density at radius 3 is 2.67 bits per heavy atom. The minimum Gasteiger partial charge on any atom is -0.459 e. The van der Waals surface area contributed by atoms with Gasteiger partial charge in [0, 0.05) is 9.86 Å². The number of para-hydroxylation sites is 1. The minimum absolute atomic E-state index is 0.0688. The van der Waals surface area contributed by atoms with Crippen molar-refractivity contribution in [2.75, 3.05) is 6.54 Å². The summed E-state index contributed by atoms with van der Waals surface area (Å²) in [5.41, 5.74) is 3.37. The fraction of sp³-hybridized carbons (Fsp3) is 0.222. The zero-order valence-electron chi connectivity index (χ0n) is 12.2. The first-order valence-electron chi connectivity index (χ1n) is 7.17. The molecule has 0 saturated carbocycles. The van der Waals surface area contributed by atoms with E-state index in [1.807, 2.05) is 18.2 Å². The summed E-state index contributed by atoms with van der Waals surface area (Å²) in [6, 6.07) is 16.8. The average molecular weight is 344 g/mol. The lowest BCUT2D eigenvalue weighted by molar-refractivity contribution is 0.477. The average Bonchev–Trinajstić information content (AvgIpc) is 2.91. The molecule has 0 saturated heterocycles. The van der Waals surface area contributed by atoms with E-state index in [0.717, 1.165) is 27.7 Å². The Morgan fingerprint density at radius 2 is 1.95 bits per heavy atom. The van der Waals surface area contributed by atoms with Crippen molar-refractivity contribution in [2.45, 2.75) is 19.9 Å². The molecule has 0 amide bonds. The Balaban J connectivity index is 2.05.